The molecule has 12 heavy (non-hydrogen) atoms. The molecule has 1 aliphatic rings. The van der Waals surface area contributed by atoms with Crippen LogP contribution in [-0.4, -0.2) is 5.78 Å². The standard InChI is InChI=1S/C10H10O2/c1-6-3-4-9-8(10(6)11)5-7(2)12-9/h5H,1,3-4H2,2H3. The number of carbonyl (C=O) groups is 1. The van der Waals surface area contributed by atoms with Crippen molar-refractivity contribution in [2.24, 2.45) is 0 Å². The average Bonchev–Trinajstić information content (AvgIpc) is 2.39. The molecule has 1 heterocycles. The number of rotatable bonds is 0. The number of furan rings is 1. The number of aryl methyl sites for hydroxylation is 2. The van der Waals surface area contributed by atoms with Gasteiger partial charge in [-0.05, 0) is 25.0 Å². The second-order valence-electron chi connectivity index (χ2n) is 3.13. The summed E-state index contributed by atoms with van der Waals surface area (Å²) < 4.78 is 5.36. The maximum atomic E-state index is 11.5. The van der Waals surface area contributed by atoms with E-state index in [1.54, 1.807) is 6.07 Å². The minimum absolute atomic E-state index is 0.0492. The lowest BCUT2D eigenvalue weighted by Gasteiger charge is -2.09. The van der Waals surface area contributed by atoms with Crippen molar-refractivity contribution in [3.05, 3.63) is 35.3 Å². The highest BCUT2D eigenvalue weighted by Gasteiger charge is 2.23. The Labute approximate surface area is 70.9 Å². The van der Waals surface area contributed by atoms with Crippen LogP contribution < -0.4 is 0 Å². The maximum Gasteiger partial charge on any atom is 0.191 e. The first kappa shape index (κ1) is 7.35. The molecule has 2 nitrogen and oxygen atoms in total. The summed E-state index contributed by atoms with van der Waals surface area (Å²) in [4.78, 5) is 11.5. The van der Waals surface area contributed by atoms with Gasteiger partial charge in [-0.3, -0.25) is 4.79 Å². The molecule has 0 bridgehead atoms. The Hall–Kier alpha value is -1.31. The molecular formula is C10H10O2. The topological polar surface area (TPSA) is 30.2 Å². The highest BCUT2D eigenvalue weighted by Crippen LogP contribution is 2.26. The molecule has 62 valence electrons. The molecule has 0 radical (unpaired) electrons. The molecule has 2 heteroatoms. The average molecular weight is 162 g/mol. The third-order valence-corrected chi connectivity index (χ3v) is 2.15. The Bertz CT molecular complexity index is 358. The fraction of sp³-hybridized carbons (Fsp3) is 0.300. The van der Waals surface area contributed by atoms with Crippen LogP contribution in [-0.2, 0) is 6.42 Å². The van der Waals surface area contributed by atoms with Crippen LogP contribution in [0.15, 0.2) is 22.6 Å². The van der Waals surface area contributed by atoms with E-state index in [4.69, 9.17) is 4.42 Å². The van der Waals surface area contributed by atoms with Crippen LogP contribution in [0.2, 0.25) is 0 Å². The Morgan fingerprint density at radius 3 is 3.00 bits per heavy atom. The second-order valence-corrected chi connectivity index (χ2v) is 3.13. The lowest BCUT2D eigenvalue weighted by atomic mass is 9.93. The van der Waals surface area contributed by atoms with Gasteiger partial charge in [0.05, 0.1) is 5.56 Å². The summed E-state index contributed by atoms with van der Waals surface area (Å²) in [5.74, 6) is 1.68. The number of hydrogen-bond acceptors (Lipinski definition) is 2. The summed E-state index contributed by atoms with van der Waals surface area (Å²) >= 11 is 0. The van der Waals surface area contributed by atoms with Gasteiger partial charge in [-0.15, -0.1) is 0 Å². The second kappa shape index (κ2) is 2.34. The number of hydrogen-bond donors (Lipinski definition) is 0. The molecule has 0 unspecified atom stereocenters. The van der Waals surface area contributed by atoms with E-state index < -0.39 is 0 Å². The minimum atomic E-state index is 0.0492. The molecule has 0 fully saturated rings. The van der Waals surface area contributed by atoms with Crippen molar-refractivity contribution in [2.75, 3.05) is 0 Å². The van der Waals surface area contributed by atoms with E-state index in [-0.39, 0.29) is 5.78 Å². The van der Waals surface area contributed by atoms with Gasteiger partial charge >= 0.3 is 0 Å². The molecule has 0 N–H and O–H groups in total. The highest BCUT2D eigenvalue weighted by atomic mass is 16.3. The van der Waals surface area contributed by atoms with E-state index in [0.717, 1.165) is 24.4 Å². The molecule has 0 amide bonds. The normalized spacial score (nSPS) is 16.4. The van der Waals surface area contributed by atoms with E-state index in [9.17, 15) is 4.79 Å². The first-order valence-electron chi connectivity index (χ1n) is 4.00. The molecule has 1 aliphatic carbocycles. The first-order chi connectivity index (χ1) is 5.68. The minimum Gasteiger partial charge on any atom is -0.466 e. The Balaban J connectivity index is 2.55. The van der Waals surface area contributed by atoms with Gasteiger partial charge in [-0.25, -0.2) is 0 Å². The van der Waals surface area contributed by atoms with Crippen molar-refractivity contribution in [1.29, 1.82) is 0 Å². The van der Waals surface area contributed by atoms with Crippen LogP contribution in [0, 0.1) is 6.92 Å². The molecule has 2 rings (SSSR count). The van der Waals surface area contributed by atoms with Gasteiger partial charge in [0.25, 0.3) is 0 Å². The zero-order valence-corrected chi connectivity index (χ0v) is 7.02. The van der Waals surface area contributed by atoms with Crippen molar-refractivity contribution >= 4 is 5.78 Å². The number of fused-ring (bicyclic) bond motifs is 1. The molecule has 0 atom stereocenters. The fourth-order valence-corrected chi connectivity index (χ4v) is 1.51. The van der Waals surface area contributed by atoms with E-state index >= 15 is 0 Å². The van der Waals surface area contributed by atoms with Gasteiger partial charge in [0.15, 0.2) is 5.78 Å². The largest absolute Gasteiger partial charge is 0.466 e. The van der Waals surface area contributed by atoms with Crippen LogP contribution in [0.25, 0.3) is 0 Å². The Morgan fingerprint density at radius 2 is 2.25 bits per heavy atom. The Kier molecular flexibility index (Phi) is 1.43. The highest BCUT2D eigenvalue weighted by molar-refractivity contribution is 6.10. The zero-order valence-electron chi connectivity index (χ0n) is 7.02. The number of ketones is 1. The first-order valence-corrected chi connectivity index (χ1v) is 4.00. The van der Waals surface area contributed by atoms with Gasteiger partial charge in [-0.2, -0.15) is 0 Å². The van der Waals surface area contributed by atoms with E-state index in [1.807, 2.05) is 6.92 Å². The van der Waals surface area contributed by atoms with Crippen molar-refractivity contribution < 1.29 is 9.21 Å². The van der Waals surface area contributed by atoms with Gasteiger partial charge in [0.2, 0.25) is 0 Å². The number of carbonyl (C=O) groups excluding carboxylic acids is 1. The van der Waals surface area contributed by atoms with Crippen molar-refractivity contribution in [3.8, 4) is 0 Å². The molecule has 1 aromatic rings. The maximum absolute atomic E-state index is 11.5. The van der Waals surface area contributed by atoms with Crippen LogP contribution >= 0.6 is 0 Å². The SMILES string of the molecule is C=C1CCc2oc(C)cc2C1=O. The molecule has 0 saturated heterocycles. The van der Waals surface area contributed by atoms with Crippen LogP contribution in [0.1, 0.15) is 28.3 Å². The smallest absolute Gasteiger partial charge is 0.191 e. The van der Waals surface area contributed by atoms with Crippen molar-refractivity contribution in [1.82, 2.24) is 0 Å². The Morgan fingerprint density at radius 1 is 1.50 bits per heavy atom. The molecule has 0 spiro atoms. The molecular weight excluding hydrogens is 152 g/mol. The molecule has 1 aromatic heterocycles. The molecule has 0 aliphatic heterocycles. The number of Topliss-reactive ketones (excluding diaryl/α,β-unsaturated/α-hetero) is 1. The quantitative estimate of drug-likeness (QED) is 0.548. The van der Waals surface area contributed by atoms with Crippen LogP contribution in [0.4, 0.5) is 0 Å². The van der Waals surface area contributed by atoms with Gasteiger partial charge < -0.3 is 4.42 Å². The third-order valence-electron chi connectivity index (χ3n) is 2.15. The summed E-state index contributed by atoms with van der Waals surface area (Å²) in [7, 11) is 0. The summed E-state index contributed by atoms with van der Waals surface area (Å²) in [5, 5.41) is 0. The molecule has 0 aromatic carbocycles. The third kappa shape index (κ3) is 0.916. The van der Waals surface area contributed by atoms with Crippen molar-refractivity contribution in [3.63, 3.8) is 0 Å². The number of allylic oxidation sites excluding steroid dienone is 1. The summed E-state index contributed by atoms with van der Waals surface area (Å²) in [5.41, 5.74) is 1.41. The summed E-state index contributed by atoms with van der Waals surface area (Å²) in [6.07, 6.45) is 1.55. The van der Waals surface area contributed by atoms with E-state index in [1.165, 1.54) is 0 Å². The van der Waals surface area contributed by atoms with Crippen molar-refractivity contribution in [2.45, 2.75) is 19.8 Å². The van der Waals surface area contributed by atoms with Crippen LogP contribution in [0.5, 0.6) is 0 Å². The summed E-state index contributed by atoms with van der Waals surface area (Å²) in [6.45, 7) is 5.57. The van der Waals surface area contributed by atoms with Gasteiger partial charge in [-0.1, -0.05) is 6.58 Å². The fourth-order valence-electron chi connectivity index (χ4n) is 1.51. The van der Waals surface area contributed by atoms with Gasteiger partial charge in [0, 0.05) is 6.42 Å². The lowest BCUT2D eigenvalue weighted by molar-refractivity contribution is 0.102. The zero-order chi connectivity index (χ0) is 8.72. The van der Waals surface area contributed by atoms with E-state index in [2.05, 4.69) is 6.58 Å². The monoisotopic (exact) mass is 162 g/mol. The predicted molar refractivity (Wildman–Crippen MR) is 45.2 cm³/mol. The summed E-state index contributed by atoms with van der Waals surface area (Å²) in [6, 6.07) is 1.79. The van der Waals surface area contributed by atoms with Gasteiger partial charge in [0.1, 0.15) is 11.5 Å². The predicted octanol–water partition coefficient (Wildman–Crippen LogP) is 2.27. The lowest BCUT2D eigenvalue weighted by Crippen LogP contribution is -2.10. The molecule has 0 saturated carbocycles. The van der Waals surface area contributed by atoms with E-state index in [0.29, 0.717) is 11.1 Å². The van der Waals surface area contributed by atoms with Crippen LogP contribution in [0.3, 0.4) is 0 Å².